The zero-order valence-electron chi connectivity index (χ0n) is 11.8. The second-order valence-electron chi connectivity index (χ2n) is 5.16. The van der Waals surface area contributed by atoms with Gasteiger partial charge >= 0.3 is 5.97 Å². The first-order valence-corrected chi connectivity index (χ1v) is 6.81. The minimum absolute atomic E-state index is 0.109. The van der Waals surface area contributed by atoms with Crippen molar-refractivity contribution < 1.29 is 14.3 Å². The van der Waals surface area contributed by atoms with Crippen molar-refractivity contribution in [3.63, 3.8) is 0 Å². The molecule has 5 nitrogen and oxygen atoms in total. The van der Waals surface area contributed by atoms with E-state index in [0.29, 0.717) is 0 Å². The Morgan fingerprint density at radius 2 is 1.85 bits per heavy atom. The van der Waals surface area contributed by atoms with E-state index in [1.807, 2.05) is 11.8 Å². The number of piperazine rings is 1. The predicted octanol–water partition coefficient (Wildman–Crippen LogP) is 1.37. The molecule has 2 heterocycles. The first kappa shape index (κ1) is 14.9. The molecule has 20 heavy (non-hydrogen) atoms. The molecule has 0 spiro atoms. The van der Waals surface area contributed by atoms with Crippen molar-refractivity contribution in [3.8, 4) is 0 Å². The zero-order chi connectivity index (χ0) is 14.7. The lowest BCUT2D eigenvalue weighted by Gasteiger charge is -2.39. The summed E-state index contributed by atoms with van der Waals surface area (Å²) in [5.41, 5.74) is 0.839. The van der Waals surface area contributed by atoms with Crippen LogP contribution in [0.15, 0.2) is 18.3 Å². The number of hydrogen-bond acceptors (Lipinski definition) is 4. The van der Waals surface area contributed by atoms with Crippen molar-refractivity contribution in [1.82, 2.24) is 14.8 Å². The van der Waals surface area contributed by atoms with Crippen LogP contribution in [0, 0.1) is 5.82 Å². The number of pyridine rings is 1. The molecule has 0 amide bonds. The Kier molecular flexibility index (Phi) is 4.67. The maximum atomic E-state index is 12.9. The number of carboxylic acid groups (broad SMARTS) is 1. The third-order valence-electron chi connectivity index (χ3n) is 3.98. The Morgan fingerprint density at radius 1 is 1.25 bits per heavy atom. The minimum atomic E-state index is -0.785. The van der Waals surface area contributed by atoms with Crippen LogP contribution in [0.1, 0.15) is 25.6 Å². The number of rotatable bonds is 4. The lowest BCUT2D eigenvalue weighted by atomic mass is 10.1. The molecule has 0 aromatic carbocycles. The van der Waals surface area contributed by atoms with E-state index < -0.39 is 12.0 Å². The van der Waals surface area contributed by atoms with Crippen LogP contribution in [0.5, 0.6) is 0 Å². The number of aliphatic carboxylic acids is 1. The quantitative estimate of drug-likeness (QED) is 0.903. The molecule has 0 bridgehead atoms. The Bertz CT molecular complexity index is 458. The molecule has 1 aliphatic rings. The standard InChI is InChI=1S/C14H20FN3O2/c1-10(13-4-3-12(15)9-16-13)17-5-7-18(8-6-17)11(2)14(19)20/h3-4,9-11H,5-8H2,1-2H3,(H,19,20). The Hall–Kier alpha value is -1.53. The molecule has 1 saturated heterocycles. The summed E-state index contributed by atoms with van der Waals surface area (Å²) in [5.74, 6) is -1.12. The highest BCUT2D eigenvalue weighted by molar-refractivity contribution is 5.72. The van der Waals surface area contributed by atoms with Crippen molar-refractivity contribution in [3.05, 3.63) is 29.8 Å². The van der Waals surface area contributed by atoms with Crippen LogP contribution in [0.4, 0.5) is 4.39 Å². The maximum Gasteiger partial charge on any atom is 0.320 e. The number of aromatic nitrogens is 1. The predicted molar refractivity (Wildman–Crippen MR) is 72.9 cm³/mol. The number of carbonyl (C=O) groups is 1. The van der Waals surface area contributed by atoms with Gasteiger partial charge in [-0.15, -0.1) is 0 Å². The van der Waals surface area contributed by atoms with Crippen LogP contribution in [0.25, 0.3) is 0 Å². The van der Waals surface area contributed by atoms with Crippen molar-refractivity contribution >= 4 is 5.97 Å². The average Bonchev–Trinajstić information content (AvgIpc) is 2.46. The average molecular weight is 281 g/mol. The summed E-state index contributed by atoms with van der Waals surface area (Å²) in [6.07, 6.45) is 1.23. The Morgan fingerprint density at radius 3 is 2.35 bits per heavy atom. The monoisotopic (exact) mass is 281 g/mol. The number of carboxylic acids is 1. The highest BCUT2D eigenvalue weighted by Gasteiger charge is 2.27. The van der Waals surface area contributed by atoms with E-state index in [1.165, 1.54) is 12.3 Å². The molecule has 0 radical (unpaired) electrons. The van der Waals surface area contributed by atoms with Crippen LogP contribution in [0.2, 0.25) is 0 Å². The molecule has 2 unspecified atom stereocenters. The molecule has 1 fully saturated rings. The topological polar surface area (TPSA) is 56.7 Å². The SMILES string of the molecule is CC(C(=O)O)N1CCN(C(C)c2ccc(F)cn2)CC1. The smallest absolute Gasteiger partial charge is 0.320 e. The molecule has 1 aromatic heterocycles. The first-order chi connectivity index (χ1) is 9.49. The Balaban J connectivity index is 1.93. The van der Waals surface area contributed by atoms with Crippen LogP contribution < -0.4 is 0 Å². The molecule has 0 saturated carbocycles. The zero-order valence-corrected chi connectivity index (χ0v) is 11.8. The Labute approximate surface area is 118 Å². The van der Waals surface area contributed by atoms with E-state index in [1.54, 1.807) is 13.0 Å². The third-order valence-corrected chi connectivity index (χ3v) is 3.98. The van der Waals surface area contributed by atoms with E-state index in [0.717, 1.165) is 31.9 Å². The number of halogens is 1. The van der Waals surface area contributed by atoms with Gasteiger partial charge in [-0.1, -0.05) is 0 Å². The van der Waals surface area contributed by atoms with Crippen molar-refractivity contribution in [2.75, 3.05) is 26.2 Å². The van der Waals surface area contributed by atoms with Gasteiger partial charge in [0.1, 0.15) is 11.9 Å². The molecule has 1 aliphatic heterocycles. The highest BCUT2D eigenvalue weighted by atomic mass is 19.1. The molecule has 0 aliphatic carbocycles. The van der Waals surface area contributed by atoms with Gasteiger partial charge in [0.2, 0.25) is 0 Å². The largest absolute Gasteiger partial charge is 0.480 e. The maximum absolute atomic E-state index is 12.9. The van der Waals surface area contributed by atoms with Gasteiger partial charge in [-0.05, 0) is 26.0 Å². The third kappa shape index (κ3) is 3.32. The molecule has 6 heteroatoms. The minimum Gasteiger partial charge on any atom is -0.480 e. The normalized spacial score (nSPS) is 20.6. The van der Waals surface area contributed by atoms with Gasteiger partial charge in [-0.2, -0.15) is 0 Å². The van der Waals surface area contributed by atoms with E-state index >= 15 is 0 Å². The number of nitrogens with zero attached hydrogens (tertiary/aromatic N) is 3. The summed E-state index contributed by atoms with van der Waals surface area (Å²) in [4.78, 5) is 19.3. The van der Waals surface area contributed by atoms with Crippen LogP contribution in [-0.2, 0) is 4.79 Å². The molecular weight excluding hydrogens is 261 g/mol. The van der Waals surface area contributed by atoms with Gasteiger partial charge in [-0.3, -0.25) is 19.6 Å². The fourth-order valence-electron chi connectivity index (χ4n) is 2.49. The molecule has 1 N–H and O–H groups in total. The molecule has 110 valence electrons. The second-order valence-corrected chi connectivity index (χ2v) is 5.16. The molecule has 2 rings (SSSR count). The van der Waals surface area contributed by atoms with Crippen molar-refractivity contribution in [1.29, 1.82) is 0 Å². The lowest BCUT2D eigenvalue weighted by molar-refractivity contribution is -0.143. The molecule has 1 aromatic rings. The molecular formula is C14H20FN3O2. The van der Waals surface area contributed by atoms with Crippen molar-refractivity contribution in [2.24, 2.45) is 0 Å². The van der Waals surface area contributed by atoms with Gasteiger partial charge in [0.05, 0.1) is 11.9 Å². The first-order valence-electron chi connectivity index (χ1n) is 6.81. The van der Waals surface area contributed by atoms with Gasteiger partial charge in [0.25, 0.3) is 0 Å². The van der Waals surface area contributed by atoms with Crippen LogP contribution >= 0.6 is 0 Å². The van der Waals surface area contributed by atoms with E-state index in [9.17, 15) is 9.18 Å². The van der Waals surface area contributed by atoms with Gasteiger partial charge < -0.3 is 5.11 Å². The summed E-state index contributed by atoms with van der Waals surface area (Å²) in [5, 5.41) is 9.01. The lowest BCUT2D eigenvalue weighted by Crippen LogP contribution is -2.52. The van der Waals surface area contributed by atoms with E-state index in [4.69, 9.17) is 5.11 Å². The van der Waals surface area contributed by atoms with Crippen molar-refractivity contribution in [2.45, 2.75) is 25.9 Å². The summed E-state index contributed by atoms with van der Waals surface area (Å²) >= 11 is 0. The van der Waals surface area contributed by atoms with Gasteiger partial charge in [0.15, 0.2) is 0 Å². The van der Waals surface area contributed by atoms with Crippen LogP contribution in [-0.4, -0.2) is 58.1 Å². The van der Waals surface area contributed by atoms with E-state index in [2.05, 4.69) is 9.88 Å². The van der Waals surface area contributed by atoms with Gasteiger partial charge in [0, 0.05) is 32.2 Å². The van der Waals surface area contributed by atoms with Gasteiger partial charge in [-0.25, -0.2) is 4.39 Å². The fraction of sp³-hybridized carbons (Fsp3) is 0.571. The second kappa shape index (κ2) is 6.28. The summed E-state index contributed by atoms with van der Waals surface area (Å²) in [6.45, 7) is 6.77. The summed E-state index contributed by atoms with van der Waals surface area (Å²) in [6, 6.07) is 2.78. The molecule has 2 atom stereocenters. The highest BCUT2D eigenvalue weighted by Crippen LogP contribution is 2.20. The van der Waals surface area contributed by atoms with Crippen LogP contribution in [0.3, 0.4) is 0 Å². The number of hydrogen-bond donors (Lipinski definition) is 1. The summed E-state index contributed by atoms with van der Waals surface area (Å²) in [7, 11) is 0. The van der Waals surface area contributed by atoms with E-state index in [-0.39, 0.29) is 11.9 Å². The summed E-state index contributed by atoms with van der Waals surface area (Å²) < 4.78 is 12.9. The fourth-order valence-corrected chi connectivity index (χ4v) is 2.49.